The number of carbonyl (C=O) groups is 2. The van der Waals surface area contributed by atoms with Gasteiger partial charge < -0.3 is 19.5 Å². The molecule has 3 rings (SSSR count). The Morgan fingerprint density at radius 2 is 1.88 bits per heavy atom. The average molecular weight is 560 g/mol. The minimum absolute atomic E-state index is 0.0603. The summed E-state index contributed by atoms with van der Waals surface area (Å²) in [5.41, 5.74) is 4.62. The Bertz CT molecular complexity index is 1440. The average Bonchev–Trinajstić information content (AvgIpc) is 3.26. The quantitative estimate of drug-likeness (QED) is 0.101. The summed E-state index contributed by atoms with van der Waals surface area (Å²) in [4.78, 5) is 28.2. The molecule has 0 saturated carbocycles. The van der Waals surface area contributed by atoms with E-state index >= 15 is 0 Å². The molecule has 2 aromatic carbocycles. The lowest BCUT2D eigenvalue weighted by atomic mass is 10.1. The van der Waals surface area contributed by atoms with Crippen LogP contribution in [-0.4, -0.2) is 43.4 Å². The van der Waals surface area contributed by atoms with Crippen molar-refractivity contribution in [1.29, 1.82) is 5.26 Å². The second-order valence-electron chi connectivity index (χ2n) is 8.74. The standard InChI is InChI=1S/C29H29N5O5S/c1-20-17-23(9-10-24(20)32-33-29-28(31-3)21(2)25(18-30)40-29)34(19-22-7-5-4-6-8-22)13-14-38-15-16-39-27(37)12-11-26(35)36/h4-10,17H,11-16,19H2,1-2H3,(H,35,36). The molecule has 0 atom stereocenters. The fourth-order valence-electron chi connectivity index (χ4n) is 3.72. The molecule has 0 amide bonds. The van der Waals surface area contributed by atoms with Crippen molar-refractivity contribution in [3.8, 4) is 6.07 Å². The number of ether oxygens (including phenoxy) is 2. The van der Waals surface area contributed by atoms with Crippen LogP contribution in [0.4, 0.5) is 22.1 Å². The third kappa shape index (κ3) is 8.73. The van der Waals surface area contributed by atoms with Gasteiger partial charge in [0.05, 0.1) is 43.2 Å². The summed E-state index contributed by atoms with van der Waals surface area (Å²) >= 11 is 1.16. The summed E-state index contributed by atoms with van der Waals surface area (Å²) in [6, 6.07) is 18.0. The van der Waals surface area contributed by atoms with E-state index in [4.69, 9.17) is 21.2 Å². The van der Waals surface area contributed by atoms with Crippen molar-refractivity contribution in [2.24, 2.45) is 10.2 Å². The van der Waals surface area contributed by atoms with Crippen molar-refractivity contribution >= 4 is 45.3 Å². The van der Waals surface area contributed by atoms with Crippen LogP contribution in [0.15, 0.2) is 58.8 Å². The highest BCUT2D eigenvalue weighted by Gasteiger charge is 2.15. The number of azo groups is 1. The lowest BCUT2D eigenvalue weighted by Gasteiger charge is -2.25. The predicted molar refractivity (Wildman–Crippen MR) is 152 cm³/mol. The predicted octanol–water partition coefficient (Wildman–Crippen LogP) is 6.63. The van der Waals surface area contributed by atoms with E-state index in [1.807, 2.05) is 55.5 Å². The number of carboxylic acid groups (broad SMARTS) is 1. The van der Waals surface area contributed by atoms with E-state index in [-0.39, 0.29) is 26.1 Å². The highest BCUT2D eigenvalue weighted by Crippen LogP contribution is 2.42. The van der Waals surface area contributed by atoms with Gasteiger partial charge in [0.15, 0.2) is 0 Å². The molecule has 40 heavy (non-hydrogen) atoms. The van der Waals surface area contributed by atoms with Gasteiger partial charge in [-0.25, -0.2) is 4.85 Å². The molecule has 3 aromatic rings. The number of thiophene rings is 1. The van der Waals surface area contributed by atoms with Crippen LogP contribution in [0, 0.1) is 31.8 Å². The zero-order valence-corrected chi connectivity index (χ0v) is 23.1. The van der Waals surface area contributed by atoms with Crippen LogP contribution in [0.1, 0.15) is 34.4 Å². The van der Waals surface area contributed by atoms with E-state index < -0.39 is 11.9 Å². The molecule has 0 aliphatic carbocycles. The molecule has 11 heteroatoms. The van der Waals surface area contributed by atoms with Gasteiger partial charge in [0.2, 0.25) is 5.69 Å². The number of hydrogen-bond donors (Lipinski definition) is 1. The number of aryl methyl sites for hydroxylation is 1. The third-order valence-electron chi connectivity index (χ3n) is 5.86. The lowest BCUT2D eigenvalue weighted by Crippen LogP contribution is -2.27. The molecule has 0 radical (unpaired) electrons. The Balaban J connectivity index is 1.65. The third-order valence-corrected chi connectivity index (χ3v) is 6.93. The van der Waals surface area contributed by atoms with E-state index in [2.05, 4.69) is 26.0 Å². The van der Waals surface area contributed by atoms with Gasteiger partial charge in [0.1, 0.15) is 17.7 Å². The summed E-state index contributed by atoms with van der Waals surface area (Å²) in [5, 5.41) is 26.9. The van der Waals surface area contributed by atoms with E-state index in [1.165, 1.54) is 0 Å². The van der Waals surface area contributed by atoms with Gasteiger partial charge in [0.25, 0.3) is 0 Å². The number of nitriles is 1. The molecule has 0 saturated heterocycles. The summed E-state index contributed by atoms with van der Waals surface area (Å²) in [6.07, 6.45) is -0.421. The maximum Gasteiger partial charge on any atom is 0.306 e. The number of nitrogens with zero attached hydrogens (tertiary/aromatic N) is 5. The SMILES string of the molecule is [C-]#[N+]c1c(N=Nc2ccc(N(CCOCCOC(=O)CCC(=O)O)Cc3ccccc3)cc2C)sc(C#N)c1C. The van der Waals surface area contributed by atoms with Crippen molar-refractivity contribution in [2.45, 2.75) is 33.2 Å². The lowest BCUT2D eigenvalue weighted by molar-refractivity contribution is -0.148. The highest BCUT2D eigenvalue weighted by atomic mass is 32.1. The minimum atomic E-state index is -1.04. The Morgan fingerprint density at radius 1 is 1.10 bits per heavy atom. The molecule has 1 heterocycles. The smallest absolute Gasteiger partial charge is 0.306 e. The van der Waals surface area contributed by atoms with E-state index in [1.54, 1.807) is 6.92 Å². The first-order chi connectivity index (χ1) is 19.3. The monoisotopic (exact) mass is 559 g/mol. The van der Waals surface area contributed by atoms with Gasteiger partial charge in [-0.15, -0.1) is 11.3 Å². The number of carboxylic acids is 1. The largest absolute Gasteiger partial charge is 0.481 e. The number of hydrogen-bond acceptors (Lipinski definition) is 9. The summed E-state index contributed by atoms with van der Waals surface area (Å²) in [6.45, 7) is 13.0. The second kappa shape index (κ2) is 15.1. The Morgan fingerprint density at radius 3 is 2.55 bits per heavy atom. The van der Waals surface area contributed by atoms with Gasteiger partial charge >= 0.3 is 11.9 Å². The Labute approximate surface area is 236 Å². The van der Waals surface area contributed by atoms with Crippen LogP contribution < -0.4 is 4.90 Å². The first-order valence-corrected chi connectivity index (χ1v) is 13.3. The van der Waals surface area contributed by atoms with Crippen molar-refractivity contribution < 1.29 is 24.2 Å². The Kier molecular flexibility index (Phi) is 11.3. The second-order valence-corrected chi connectivity index (χ2v) is 9.74. The molecule has 206 valence electrons. The van der Waals surface area contributed by atoms with Gasteiger partial charge in [0, 0.05) is 18.8 Å². The molecule has 0 fully saturated rings. The summed E-state index contributed by atoms with van der Waals surface area (Å²) in [5.74, 6) is -1.60. The normalized spacial score (nSPS) is 10.7. The molecule has 0 spiro atoms. The van der Waals surface area contributed by atoms with Crippen molar-refractivity contribution in [1.82, 2.24) is 0 Å². The summed E-state index contributed by atoms with van der Waals surface area (Å²) in [7, 11) is 0. The molecule has 0 unspecified atom stereocenters. The van der Waals surface area contributed by atoms with Crippen LogP contribution in [0.25, 0.3) is 4.85 Å². The summed E-state index contributed by atoms with van der Waals surface area (Å²) < 4.78 is 10.7. The number of esters is 1. The van der Waals surface area contributed by atoms with Crippen molar-refractivity contribution in [2.75, 3.05) is 31.3 Å². The number of aliphatic carboxylic acids is 1. The van der Waals surface area contributed by atoms with Crippen LogP contribution in [0.3, 0.4) is 0 Å². The highest BCUT2D eigenvalue weighted by molar-refractivity contribution is 7.17. The van der Waals surface area contributed by atoms with Crippen LogP contribution >= 0.6 is 11.3 Å². The maximum absolute atomic E-state index is 11.5. The van der Waals surface area contributed by atoms with E-state index in [0.717, 1.165) is 28.2 Å². The fraction of sp³-hybridized carbons (Fsp3) is 0.310. The van der Waals surface area contributed by atoms with Gasteiger partial charge in [-0.05, 0) is 48.7 Å². The first-order valence-electron chi connectivity index (χ1n) is 12.5. The van der Waals surface area contributed by atoms with Crippen LogP contribution in [0.2, 0.25) is 0 Å². The maximum atomic E-state index is 11.5. The van der Waals surface area contributed by atoms with Crippen LogP contribution in [0.5, 0.6) is 0 Å². The molecular formula is C29H29N5O5S. The molecular weight excluding hydrogens is 530 g/mol. The minimum Gasteiger partial charge on any atom is -0.481 e. The van der Waals surface area contributed by atoms with Gasteiger partial charge in [-0.1, -0.05) is 30.3 Å². The molecule has 10 nitrogen and oxygen atoms in total. The van der Waals surface area contributed by atoms with Crippen molar-refractivity contribution in [3.05, 3.63) is 81.5 Å². The molecule has 0 aliphatic heterocycles. The fourth-order valence-corrected chi connectivity index (χ4v) is 4.58. The van der Waals surface area contributed by atoms with E-state index in [9.17, 15) is 14.9 Å². The number of rotatable bonds is 14. The molecule has 0 bridgehead atoms. The zero-order valence-electron chi connectivity index (χ0n) is 22.3. The first kappa shape index (κ1) is 30.0. The number of anilines is 1. The zero-order chi connectivity index (χ0) is 28.9. The molecule has 1 N–H and O–H groups in total. The number of benzene rings is 2. The topological polar surface area (TPSA) is 129 Å². The molecule has 0 aliphatic rings. The van der Waals surface area contributed by atoms with Crippen LogP contribution in [-0.2, 0) is 25.6 Å². The Hall–Kier alpha value is -4.58. The van der Waals surface area contributed by atoms with E-state index in [0.29, 0.717) is 46.5 Å². The van der Waals surface area contributed by atoms with Gasteiger partial charge in [-0.2, -0.15) is 15.5 Å². The number of carbonyl (C=O) groups excluding carboxylic acids is 1. The van der Waals surface area contributed by atoms with Crippen molar-refractivity contribution in [3.63, 3.8) is 0 Å². The van der Waals surface area contributed by atoms with Gasteiger partial charge in [-0.3, -0.25) is 9.59 Å². The molecule has 1 aromatic heterocycles.